The van der Waals surface area contributed by atoms with Crippen LogP contribution in [-0.4, -0.2) is 24.4 Å². The monoisotopic (exact) mass is 265 g/mol. The topological polar surface area (TPSA) is 37.4 Å². The Kier molecular flexibility index (Phi) is 3.77. The number of carbonyl (C=O) groups is 2. The first-order chi connectivity index (χ1) is 7.75. The van der Waals surface area contributed by atoms with Crippen molar-refractivity contribution in [3.8, 4) is 0 Å². The predicted molar refractivity (Wildman–Crippen MR) is 56.1 cm³/mol. The van der Waals surface area contributed by atoms with Crippen LogP contribution in [0.5, 0.6) is 0 Å². The van der Waals surface area contributed by atoms with Gasteiger partial charge < -0.3 is 4.90 Å². The van der Waals surface area contributed by atoms with Gasteiger partial charge in [0.05, 0.1) is 11.3 Å². The first kappa shape index (κ1) is 13.5. The summed E-state index contributed by atoms with van der Waals surface area (Å²) in [6.45, 7) is 0. The van der Waals surface area contributed by atoms with Gasteiger partial charge in [0.2, 0.25) is 0 Å². The summed E-state index contributed by atoms with van der Waals surface area (Å²) in [5, 5.41) is -0.928. The van der Waals surface area contributed by atoms with Gasteiger partial charge in [-0.05, 0) is 23.7 Å². The van der Waals surface area contributed by atoms with E-state index >= 15 is 0 Å². The largest absolute Gasteiger partial charge is 0.471 e. The Balaban J connectivity index is 3.17. The number of alkyl halides is 3. The van der Waals surface area contributed by atoms with Crippen LogP contribution in [0.25, 0.3) is 0 Å². The highest BCUT2D eigenvalue weighted by Gasteiger charge is 2.42. The van der Waals surface area contributed by atoms with Crippen LogP contribution in [0.2, 0.25) is 0 Å². The number of hydrogen-bond donors (Lipinski definition) is 0. The number of halogens is 4. The second-order valence-electron chi connectivity index (χ2n) is 3.15. The first-order valence-electron chi connectivity index (χ1n) is 4.39. The molecule has 1 aromatic carbocycles. The summed E-state index contributed by atoms with van der Waals surface area (Å²) in [4.78, 5) is 22.3. The van der Waals surface area contributed by atoms with Gasteiger partial charge in [0.1, 0.15) is 0 Å². The molecule has 0 saturated carbocycles. The van der Waals surface area contributed by atoms with E-state index in [1.54, 1.807) is 0 Å². The molecule has 0 N–H and O–H groups in total. The van der Waals surface area contributed by atoms with Crippen LogP contribution in [0.1, 0.15) is 10.4 Å². The second-order valence-corrected chi connectivity index (χ2v) is 3.50. The molecule has 1 aromatic rings. The summed E-state index contributed by atoms with van der Waals surface area (Å²) < 4.78 is 36.6. The van der Waals surface area contributed by atoms with Crippen LogP contribution in [0, 0.1) is 0 Å². The van der Waals surface area contributed by atoms with Crippen LogP contribution in [0.15, 0.2) is 24.3 Å². The smallest absolute Gasteiger partial charge is 0.307 e. The van der Waals surface area contributed by atoms with E-state index in [1.807, 2.05) is 0 Å². The van der Waals surface area contributed by atoms with Crippen LogP contribution in [-0.2, 0) is 4.79 Å². The van der Waals surface area contributed by atoms with Crippen molar-refractivity contribution in [3.63, 3.8) is 0 Å². The molecular weight excluding hydrogens is 259 g/mol. The molecule has 0 aliphatic carbocycles. The fourth-order valence-corrected chi connectivity index (χ4v) is 1.39. The van der Waals surface area contributed by atoms with Gasteiger partial charge in [-0.15, -0.1) is 0 Å². The molecule has 0 aromatic heterocycles. The van der Waals surface area contributed by atoms with Crippen molar-refractivity contribution in [2.45, 2.75) is 6.18 Å². The quantitative estimate of drug-likeness (QED) is 0.771. The average Bonchev–Trinajstić information content (AvgIpc) is 2.25. The number of nitrogens with zero attached hydrogens (tertiary/aromatic N) is 1. The number of amides is 1. The molecule has 0 atom stereocenters. The third-order valence-electron chi connectivity index (χ3n) is 2.02. The van der Waals surface area contributed by atoms with Crippen molar-refractivity contribution in [2.24, 2.45) is 0 Å². The van der Waals surface area contributed by atoms with E-state index < -0.39 is 17.3 Å². The SMILES string of the molecule is CN(C(=O)C(F)(F)F)c1ccccc1C(=O)Cl. The third-order valence-corrected chi connectivity index (χ3v) is 2.23. The summed E-state index contributed by atoms with van der Waals surface area (Å²) in [5.41, 5.74) is -0.343. The lowest BCUT2D eigenvalue weighted by atomic mass is 10.2. The van der Waals surface area contributed by atoms with Crippen molar-refractivity contribution in [2.75, 3.05) is 11.9 Å². The van der Waals surface area contributed by atoms with E-state index in [9.17, 15) is 22.8 Å². The maximum absolute atomic E-state index is 12.2. The second kappa shape index (κ2) is 4.75. The molecule has 0 radical (unpaired) electrons. The summed E-state index contributed by atoms with van der Waals surface area (Å²) in [7, 11) is 0.925. The molecule has 3 nitrogen and oxygen atoms in total. The minimum absolute atomic E-state index is 0.158. The predicted octanol–water partition coefficient (Wildman–Crippen LogP) is 2.59. The van der Waals surface area contributed by atoms with Gasteiger partial charge in [-0.2, -0.15) is 13.2 Å². The van der Waals surface area contributed by atoms with Gasteiger partial charge in [-0.1, -0.05) is 12.1 Å². The zero-order chi connectivity index (χ0) is 13.2. The Morgan fingerprint density at radius 3 is 2.24 bits per heavy atom. The number of anilines is 1. The first-order valence-corrected chi connectivity index (χ1v) is 4.76. The summed E-state index contributed by atoms with van der Waals surface area (Å²) in [6, 6.07) is 5.29. The Morgan fingerprint density at radius 2 is 1.76 bits per heavy atom. The standard InChI is InChI=1S/C10H7ClF3NO2/c1-15(9(17)10(12,13)14)7-5-3-2-4-6(7)8(11)16/h2-5H,1H3. The Bertz CT molecular complexity index is 459. The number of para-hydroxylation sites is 1. The van der Waals surface area contributed by atoms with Crippen LogP contribution in [0.4, 0.5) is 18.9 Å². The highest BCUT2D eigenvalue weighted by Crippen LogP contribution is 2.26. The minimum Gasteiger partial charge on any atom is -0.307 e. The molecule has 17 heavy (non-hydrogen) atoms. The lowest BCUT2D eigenvalue weighted by molar-refractivity contribution is -0.170. The van der Waals surface area contributed by atoms with Crippen molar-refractivity contribution in [1.82, 2.24) is 0 Å². The normalized spacial score (nSPS) is 11.1. The van der Waals surface area contributed by atoms with E-state index in [-0.39, 0.29) is 11.3 Å². The van der Waals surface area contributed by atoms with Gasteiger partial charge in [-0.3, -0.25) is 9.59 Å². The van der Waals surface area contributed by atoms with E-state index in [0.717, 1.165) is 7.05 Å². The fourth-order valence-electron chi connectivity index (χ4n) is 1.23. The zero-order valence-corrected chi connectivity index (χ0v) is 9.34. The lowest BCUT2D eigenvalue weighted by Gasteiger charge is -2.20. The Labute approximate surface area is 99.8 Å². The zero-order valence-electron chi connectivity index (χ0n) is 8.58. The van der Waals surface area contributed by atoms with E-state index in [4.69, 9.17) is 11.6 Å². The van der Waals surface area contributed by atoms with Crippen molar-refractivity contribution in [3.05, 3.63) is 29.8 Å². The molecule has 1 rings (SSSR count). The number of benzene rings is 1. The Morgan fingerprint density at radius 1 is 1.24 bits per heavy atom. The molecule has 0 saturated heterocycles. The number of rotatable bonds is 2. The molecule has 1 amide bonds. The van der Waals surface area contributed by atoms with Crippen LogP contribution in [0.3, 0.4) is 0 Å². The number of hydrogen-bond acceptors (Lipinski definition) is 2. The molecule has 0 fully saturated rings. The molecular formula is C10H7ClF3NO2. The molecule has 7 heteroatoms. The third kappa shape index (κ3) is 2.97. The van der Waals surface area contributed by atoms with Crippen molar-refractivity contribution < 1.29 is 22.8 Å². The van der Waals surface area contributed by atoms with Gasteiger partial charge in [0.25, 0.3) is 5.24 Å². The Hall–Kier alpha value is -1.56. The summed E-state index contributed by atoms with van der Waals surface area (Å²) in [6.07, 6.45) is -5.00. The highest BCUT2D eigenvalue weighted by atomic mass is 35.5. The molecule has 0 aliphatic heterocycles. The lowest BCUT2D eigenvalue weighted by Crippen LogP contribution is -2.39. The average molecular weight is 266 g/mol. The van der Waals surface area contributed by atoms with Gasteiger partial charge in [-0.25, -0.2) is 0 Å². The van der Waals surface area contributed by atoms with E-state index in [2.05, 4.69) is 0 Å². The minimum atomic E-state index is -5.00. The molecule has 0 unspecified atom stereocenters. The molecule has 0 bridgehead atoms. The fraction of sp³-hybridized carbons (Fsp3) is 0.200. The molecule has 0 spiro atoms. The van der Waals surface area contributed by atoms with Crippen molar-refractivity contribution >= 4 is 28.4 Å². The number of carbonyl (C=O) groups excluding carboxylic acids is 2. The van der Waals surface area contributed by atoms with E-state index in [0.29, 0.717) is 4.90 Å². The summed E-state index contributed by atoms with van der Waals surface area (Å²) in [5.74, 6) is -2.07. The maximum Gasteiger partial charge on any atom is 0.471 e. The van der Waals surface area contributed by atoms with Crippen LogP contribution >= 0.6 is 11.6 Å². The molecule has 0 aliphatic rings. The molecule has 0 heterocycles. The van der Waals surface area contributed by atoms with Crippen LogP contribution < -0.4 is 4.90 Å². The van der Waals surface area contributed by atoms with Gasteiger partial charge in [0.15, 0.2) is 0 Å². The summed E-state index contributed by atoms with van der Waals surface area (Å²) >= 11 is 5.21. The molecule has 92 valence electrons. The van der Waals surface area contributed by atoms with Gasteiger partial charge >= 0.3 is 12.1 Å². The van der Waals surface area contributed by atoms with E-state index in [1.165, 1.54) is 24.3 Å². The maximum atomic E-state index is 12.2. The van der Waals surface area contributed by atoms with Crippen molar-refractivity contribution in [1.29, 1.82) is 0 Å². The van der Waals surface area contributed by atoms with Gasteiger partial charge in [0, 0.05) is 7.05 Å². The highest BCUT2D eigenvalue weighted by molar-refractivity contribution is 6.68.